The van der Waals surface area contributed by atoms with Crippen LogP contribution in [0.25, 0.3) is 0 Å². The molecule has 0 amide bonds. The molecule has 1 fully saturated rings. The van der Waals surface area contributed by atoms with Gasteiger partial charge in [-0.15, -0.1) is 0 Å². The number of carbonyl (C=O) groups is 1. The third kappa shape index (κ3) is 37.8. The minimum absolute atomic E-state index is 0.00696. The summed E-state index contributed by atoms with van der Waals surface area (Å²) in [6, 6.07) is 0. The van der Waals surface area contributed by atoms with Crippen LogP contribution in [0.4, 0.5) is 0 Å². The first-order valence-corrected chi connectivity index (χ1v) is 27.2. The molecule has 1 heterocycles. The van der Waals surface area contributed by atoms with Gasteiger partial charge in [0.15, 0.2) is 6.29 Å². The van der Waals surface area contributed by atoms with Crippen LogP contribution < -0.4 is 0 Å². The van der Waals surface area contributed by atoms with E-state index in [0.717, 1.165) is 89.9 Å². The van der Waals surface area contributed by atoms with Gasteiger partial charge in [0.05, 0.1) is 19.8 Å². The molecular weight excluding hydrogens is 873 g/mol. The molecule has 4 N–H and O–H groups in total. The molecule has 0 aliphatic carbocycles. The maximum absolute atomic E-state index is 12.9. The number of aliphatic hydroxyl groups excluding tert-OH is 3. The summed E-state index contributed by atoms with van der Waals surface area (Å²) in [6.07, 6.45) is 50.4. The van der Waals surface area contributed by atoms with E-state index in [9.17, 15) is 33.1 Å². The number of hydrogen-bond acceptors (Lipinski definition) is 11. The fourth-order valence-corrected chi connectivity index (χ4v) is 7.88. The summed E-state index contributed by atoms with van der Waals surface area (Å²) in [5, 5.41) is 30.8. The molecule has 12 nitrogen and oxygen atoms in total. The second-order valence-corrected chi connectivity index (χ2v) is 18.4. The van der Waals surface area contributed by atoms with Crippen LogP contribution in [0.3, 0.4) is 0 Å². The van der Waals surface area contributed by atoms with Crippen LogP contribution in [0.15, 0.2) is 85.1 Å². The Morgan fingerprint density at radius 2 is 1.03 bits per heavy atom. The van der Waals surface area contributed by atoms with Gasteiger partial charge >= 0.3 is 16.4 Å². The van der Waals surface area contributed by atoms with Crippen LogP contribution in [-0.2, 0) is 38.3 Å². The Morgan fingerprint density at radius 1 is 0.582 bits per heavy atom. The number of aliphatic hydroxyl groups is 3. The van der Waals surface area contributed by atoms with Gasteiger partial charge in [-0.1, -0.05) is 176 Å². The molecule has 0 radical (unpaired) electrons. The van der Waals surface area contributed by atoms with Crippen molar-refractivity contribution in [3.05, 3.63) is 85.1 Å². The van der Waals surface area contributed by atoms with E-state index < -0.39 is 59.8 Å². The quantitative estimate of drug-likeness (QED) is 0.0197. The van der Waals surface area contributed by atoms with Gasteiger partial charge in [0.2, 0.25) is 0 Å². The zero-order chi connectivity index (χ0) is 48.9. The lowest BCUT2D eigenvalue weighted by Crippen LogP contribution is -2.60. The molecule has 0 bridgehead atoms. The first-order chi connectivity index (χ1) is 32.6. The Hall–Kier alpha value is -2.72. The number of unbranched alkanes of at least 4 members (excludes halogenated alkanes) is 17. The summed E-state index contributed by atoms with van der Waals surface area (Å²) >= 11 is 0. The highest BCUT2D eigenvalue weighted by Crippen LogP contribution is 2.26. The first-order valence-electron chi connectivity index (χ1n) is 25.8. The Kier molecular flexibility index (Phi) is 41.4. The average Bonchev–Trinajstić information content (AvgIpc) is 3.30. The Bertz CT molecular complexity index is 1490. The maximum Gasteiger partial charge on any atom is 0.397 e. The standard InChI is InChI=1S/C54H92O12S/c1-3-5-7-9-11-13-15-17-19-21-23-24-25-26-28-30-32-34-36-38-40-42-44-62-46-48(47-63-54-52(58)53(66-67(59,60)61)51(57)49(45-55)65-54)64-50(56)43-41-39-37-35-33-31-29-27-22-20-18-16-14-12-10-8-6-4-2/h5,7,11,13,17,19-20,22-24,26,28,32,34,48-49,51-55,57-58H,3-4,6,8-10,12,14-16,18,21,25,27,29-31,33,35-47H2,1-2H3,(H,59,60,61)/b7-5-,13-11-,19-17-,22-20-,24-23-,28-26-,34-32-. The lowest BCUT2D eigenvalue weighted by molar-refractivity contribution is -0.301. The Labute approximate surface area is 406 Å². The third-order valence-corrected chi connectivity index (χ3v) is 11.7. The largest absolute Gasteiger partial charge is 0.457 e. The van der Waals surface area contributed by atoms with Crippen molar-refractivity contribution in [3.63, 3.8) is 0 Å². The van der Waals surface area contributed by atoms with Crippen LogP contribution in [0, 0.1) is 0 Å². The normalized spacial score (nSPS) is 20.1. The Balaban J connectivity index is 2.41. The fourth-order valence-electron chi connectivity index (χ4n) is 7.38. The summed E-state index contributed by atoms with van der Waals surface area (Å²) in [5.41, 5.74) is 0. The SMILES string of the molecule is CC/C=C\C/C=C\C/C=C\C/C=C\C/C=C\C/C=C\CCCCCOCC(COC1OC(CO)C(O)C(OS(=O)(=O)O)C1O)OC(=O)CCCCCCCCC/C=C\CCCCCCCCC. The molecule has 1 rings (SSSR count). The number of ether oxygens (including phenoxy) is 4. The van der Waals surface area contributed by atoms with E-state index >= 15 is 0 Å². The Morgan fingerprint density at radius 3 is 1.52 bits per heavy atom. The van der Waals surface area contributed by atoms with Gasteiger partial charge in [-0.05, 0) is 89.9 Å². The fraction of sp³-hybridized carbons (Fsp3) is 0.722. The predicted molar refractivity (Wildman–Crippen MR) is 271 cm³/mol. The molecule has 0 aromatic carbocycles. The van der Waals surface area contributed by atoms with Crippen LogP contribution in [0.2, 0.25) is 0 Å². The van der Waals surface area contributed by atoms with Gasteiger partial charge in [-0.25, -0.2) is 4.18 Å². The minimum atomic E-state index is -5.08. The molecule has 1 aliphatic rings. The first kappa shape index (κ1) is 62.3. The lowest BCUT2D eigenvalue weighted by Gasteiger charge is -2.41. The van der Waals surface area contributed by atoms with Gasteiger partial charge < -0.3 is 34.3 Å². The van der Waals surface area contributed by atoms with Crippen molar-refractivity contribution >= 4 is 16.4 Å². The van der Waals surface area contributed by atoms with Crippen LogP contribution in [0.5, 0.6) is 0 Å². The van der Waals surface area contributed by atoms with Gasteiger partial charge in [-0.2, -0.15) is 8.42 Å². The molecule has 386 valence electrons. The van der Waals surface area contributed by atoms with E-state index in [1.165, 1.54) is 70.6 Å². The van der Waals surface area contributed by atoms with Crippen molar-refractivity contribution in [3.8, 4) is 0 Å². The van der Waals surface area contributed by atoms with Crippen molar-refractivity contribution in [2.24, 2.45) is 0 Å². The monoisotopic (exact) mass is 965 g/mol. The van der Waals surface area contributed by atoms with E-state index in [1.807, 2.05) is 0 Å². The van der Waals surface area contributed by atoms with E-state index in [2.05, 4.69) is 103 Å². The van der Waals surface area contributed by atoms with Crippen molar-refractivity contribution in [1.82, 2.24) is 0 Å². The molecule has 6 unspecified atom stereocenters. The highest BCUT2D eigenvalue weighted by molar-refractivity contribution is 7.80. The molecule has 1 saturated heterocycles. The van der Waals surface area contributed by atoms with E-state index in [4.69, 9.17) is 18.9 Å². The molecule has 0 spiro atoms. The zero-order valence-electron chi connectivity index (χ0n) is 41.4. The highest BCUT2D eigenvalue weighted by Gasteiger charge is 2.48. The van der Waals surface area contributed by atoms with E-state index in [0.29, 0.717) is 13.0 Å². The molecule has 0 aromatic rings. The third-order valence-electron chi connectivity index (χ3n) is 11.3. The van der Waals surface area contributed by atoms with Crippen LogP contribution in [-0.4, -0.2) is 97.5 Å². The van der Waals surface area contributed by atoms with Gasteiger partial charge in [0, 0.05) is 13.0 Å². The van der Waals surface area contributed by atoms with Gasteiger partial charge in [-0.3, -0.25) is 9.35 Å². The molecule has 0 saturated carbocycles. The van der Waals surface area contributed by atoms with Crippen molar-refractivity contribution in [1.29, 1.82) is 0 Å². The maximum atomic E-state index is 12.9. The van der Waals surface area contributed by atoms with Gasteiger partial charge in [0.1, 0.15) is 30.5 Å². The van der Waals surface area contributed by atoms with Crippen molar-refractivity contribution in [2.45, 2.75) is 224 Å². The zero-order valence-corrected chi connectivity index (χ0v) is 42.2. The summed E-state index contributed by atoms with van der Waals surface area (Å²) in [5.74, 6) is -0.418. The summed E-state index contributed by atoms with van der Waals surface area (Å²) in [6.45, 7) is 3.79. The number of esters is 1. The summed E-state index contributed by atoms with van der Waals surface area (Å²) in [4.78, 5) is 12.9. The van der Waals surface area contributed by atoms with E-state index in [1.54, 1.807) is 0 Å². The minimum Gasteiger partial charge on any atom is -0.457 e. The number of allylic oxidation sites excluding steroid dienone is 14. The molecule has 13 heteroatoms. The predicted octanol–water partition coefficient (Wildman–Crippen LogP) is 12.0. The molecule has 1 aliphatic heterocycles. The second kappa shape index (κ2) is 44.5. The van der Waals surface area contributed by atoms with E-state index in [-0.39, 0.29) is 19.6 Å². The highest BCUT2D eigenvalue weighted by atomic mass is 32.3. The number of hydrogen-bond donors (Lipinski definition) is 4. The number of carbonyl (C=O) groups excluding carboxylic acids is 1. The summed E-state index contributed by atoms with van der Waals surface area (Å²) < 4.78 is 59.2. The van der Waals surface area contributed by atoms with Crippen LogP contribution in [0.1, 0.15) is 187 Å². The number of rotatable bonds is 44. The average molecular weight is 965 g/mol. The molecule has 6 atom stereocenters. The molecular formula is C54H92O12S. The van der Waals surface area contributed by atoms with Crippen molar-refractivity contribution < 1.29 is 56.2 Å². The molecule has 67 heavy (non-hydrogen) atoms. The van der Waals surface area contributed by atoms with Crippen molar-refractivity contribution in [2.75, 3.05) is 26.4 Å². The van der Waals surface area contributed by atoms with Crippen LogP contribution >= 0.6 is 0 Å². The molecule has 0 aromatic heterocycles. The van der Waals surface area contributed by atoms with Gasteiger partial charge in [0.25, 0.3) is 0 Å². The smallest absolute Gasteiger partial charge is 0.397 e. The lowest BCUT2D eigenvalue weighted by atomic mass is 9.99. The topological polar surface area (TPSA) is 178 Å². The second-order valence-electron chi connectivity index (χ2n) is 17.4. The summed E-state index contributed by atoms with van der Waals surface area (Å²) in [7, 11) is -5.08.